The first-order valence-corrected chi connectivity index (χ1v) is 4.58. The molecule has 0 bridgehead atoms. The zero-order valence-corrected chi connectivity index (χ0v) is 8.13. The molecular weight excluding hydrogens is 165 g/mol. The third-order valence-electron chi connectivity index (χ3n) is 2.00. The van der Waals surface area contributed by atoms with Gasteiger partial charge in [0.05, 0.1) is 0 Å². The van der Waals surface area contributed by atoms with Crippen molar-refractivity contribution in [1.29, 1.82) is 0 Å². The fraction of sp³-hybridized carbons (Fsp3) is 0.455. The summed E-state index contributed by atoms with van der Waals surface area (Å²) in [5.41, 5.74) is 7.54. The summed E-state index contributed by atoms with van der Waals surface area (Å²) in [6, 6.07) is 7.68. The normalized spacial score (nSPS) is 15.4. The van der Waals surface area contributed by atoms with Crippen molar-refractivity contribution in [2.24, 2.45) is 5.73 Å². The molecule has 0 aromatic heterocycles. The van der Waals surface area contributed by atoms with E-state index in [0.717, 1.165) is 12.0 Å². The largest absolute Gasteiger partial charge is 0.328 e. The van der Waals surface area contributed by atoms with Crippen LogP contribution in [0.4, 0.5) is 4.39 Å². The van der Waals surface area contributed by atoms with Crippen molar-refractivity contribution in [1.82, 2.24) is 0 Å². The number of benzene rings is 1. The van der Waals surface area contributed by atoms with E-state index in [0.29, 0.717) is 0 Å². The van der Waals surface area contributed by atoms with Gasteiger partial charge >= 0.3 is 0 Å². The van der Waals surface area contributed by atoms with Gasteiger partial charge in [0, 0.05) is 6.04 Å². The Morgan fingerprint density at radius 2 is 1.77 bits per heavy atom. The number of hydrogen-bond acceptors (Lipinski definition) is 1. The second-order valence-electron chi connectivity index (χ2n) is 3.54. The van der Waals surface area contributed by atoms with Crippen LogP contribution in [-0.2, 0) is 6.42 Å². The fourth-order valence-corrected chi connectivity index (χ4v) is 1.29. The predicted octanol–water partition coefficient (Wildman–Crippen LogP) is 2.61. The Morgan fingerprint density at radius 1 is 1.23 bits per heavy atom. The number of halogens is 1. The van der Waals surface area contributed by atoms with Crippen molar-refractivity contribution in [2.75, 3.05) is 0 Å². The second-order valence-corrected chi connectivity index (χ2v) is 3.54. The van der Waals surface area contributed by atoms with Crippen molar-refractivity contribution in [3.05, 3.63) is 35.4 Å². The fourth-order valence-electron chi connectivity index (χ4n) is 1.29. The predicted molar refractivity (Wildman–Crippen MR) is 53.3 cm³/mol. The lowest BCUT2D eigenvalue weighted by molar-refractivity contribution is 0.374. The van der Waals surface area contributed by atoms with Gasteiger partial charge in [-0.25, -0.2) is 4.39 Å². The average Bonchev–Trinajstić information content (AvgIpc) is 2.04. The first-order chi connectivity index (χ1) is 6.09. The maximum Gasteiger partial charge on any atom is 0.122 e. The molecule has 2 unspecified atom stereocenters. The van der Waals surface area contributed by atoms with Gasteiger partial charge in [0.2, 0.25) is 0 Å². The molecule has 0 spiro atoms. The van der Waals surface area contributed by atoms with Gasteiger partial charge in [0.1, 0.15) is 6.17 Å². The quantitative estimate of drug-likeness (QED) is 0.762. The molecule has 0 saturated heterocycles. The van der Waals surface area contributed by atoms with Crippen LogP contribution in [0.3, 0.4) is 0 Å². The Labute approximate surface area is 78.8 Å². The summed E-state index contributed by atoms with van der Waals surface area (Å²) in [5.74, 6) is 0. The molecule has 0 aliphatic carbocycles. The van der Waals surface area contributed by atoms with Crippen LogP contribution in [0.1, 0.15) is 31.1 Å². The van der Waals surface area contributed by atoms with E-state index in [-0.39, 0.29) is 6.04 Å². The zero-order valence-electron chi connectivity index (χ0n) is 8.13. The van der Waals surface area contributed by atoms with E-state index in [1.807, 2.05) is 31.2 Å². The van der Waals surface area contributed by atoms with Crippen LogP contribution < -0.4 is 5.73 Å². The van der Waals surface area contributed by atoms with Crippen LogP contribution in [-0.4, -0.2) is 6.04 Å². The van der Waals surface area contributed by atoms with E-state index in [4.69, 9.17) is 5.73 Å². The smallest absolute Gasteiger partial charge is 0.122 e. The lowest BCUT2D eigenvalue weighted by atomic mass is 10.0. The first kappa shape index (κ1) is 10.2. The monoisotopic (exact) mass is 181 g/mol. The lowest BCUT2D eigenvalue weighted by Gasteiger charge is -2.06. The van der Waals surface area contributed by atoms with Crippen LogP contribution in [0.15, 0.2) is 24.3 Å². The van der Waals surface area contributed by atoms with Crippen molar-refractivity contribution < 1.29 is 4.39 Å². The second kappa shape index (κ2) is 4.38. The molecular formula is C11H16FN. The molecule has 0 aliphatic heterocycles. The van der Waals surface area contributed by atoms with Crippen molar-refractivity contribution in [2.45, 2.75) is 32.5 Å². The molecule has 13 heavy (non-hydrogen) atoms. The van der Waals surface area contributed by atoms with E-state index >= 15 is 0 Å². The molecule has 0 fully saturated rings. The van der Waals surface area contributed by atoms with Crippen LogP contribution in [0.2, 0.25) is 0 Å². The Hall–Kier alpha value is -0.890. The minimum Gasteiger partial charge on any atom is -0.328 e. The first-order valence-electron chi connectivity index (χ1n) is 4.58. The number of hydrogen-bond donors (Lipinski definition) is 1. The highest BCUT2D eigenvalue weighted by molar-refractivity contribution is 5.24. The summed E-state index contributed by atoms with van der Waals surface area (Å²) in [4.78, 5) is 0. The van der Waals surface area contributed by atoms with E-state index in [9.17, 15) is 4.39 Å². The molecule has 72 valence electrons. The van der Waals surface area contributed by atoms with Crippen molar-refractivity contribution in [3.63, 3.8) is 0 Å². The van der Waals surface area contributed by atoms with Crippen LogP contribution in [0.25, 0.3) is 0 Å². The summed E-state index contributed by atoms with van der Waals surface area (Å²) >= 11 is 0. The molecule has 0 heterocycles. The molecule has 2 heteroatoms. The highest BCUT2D eigenvalue weighted by atomic mass is 19.1. The highest BCUT2D eigenvalue weighted by Crippen LogP contribution is 2.16. The van der Waals surface area contributed by atoms with E-state index in [1.165, 1.54) is 5.56 Å². The van der Waals surface area contributed by atoms with Gasteiger partial charge in [-0.2, -0.15) is 0 Å². The minimum absolute atomic E-state index is 0.161. The Morgan fingerprint density at radius 3 is 2.15 bits per heavy atom. The Balaban J connectivity index is 2.70. The van der Waals surface area contributed by atoms with Crippen LogP contribution in [0, 0.1) is 0 Å². The van der Waals surface area contributed by atoms with Crippen LogP contribution in [0.5, 0.6) is 0 Å². The average molecular weight is 181 g/mol. The molecule has 0 saturated carbocycles. The van der Waals surface area contributed by atoms with Gasteiger partial charge in [0.25, 0.3) is 0 Å². The van der Waals surface area contributed by atoms with Gasteiger partial charge in [-0.3, -0.25) is 0 Å². The molecule has 1 aromatic rings. The van der Waals surface area contributed by atoms with Gasteiger partial charge in [0.15, 0.2) is 0 Å². The maximum absolute atomic E-state index is 12.8. The molecule has 2 N–H and O–H groups in total. The van der Waals surface area contributed by atoms with Crippen molar-refractivity contribution in [3.8, 4) is 0 Å². The molecule has 1 aromatic carbocycles. The number of alkyl halides is 1. The third kappa shape index (κ3) is 3.15. The molecule has 0 radical (unpaired) electrons. The molecule has 1 nitrogen and oxygen atoms in total. The van der Waals surface area contributed by atoms with Gasteiger partial charge in [-0.1, -0.05) is 24.3 Å². The minimum atomic E-state index is -0.885. The summed E-state index contributed by atoms with van der Waals surface area (Å²) in [5, 5.41) is 0. The van der Waals surface area contributed by atoms with E-state index in [2.05, 4.69) is 0 Å². The lowest BCUT2D eigenvalue weighted by Crippen LogP contribution is -2.17. The molecule has 0 aliphatic rings. The topological polar surface area (TPSA) is 26.0 Å². The maximum atomic E-state index is 12.8. The van der Waals surface area contributed by atoms with Gasteiger partial charge in [-0.05, 0) is 31.4 Å². The van der Waals surface area contributed by atoms with Crippen molar-refractivity contribution >= 4 is 0 Å². The van der Waals surface area contributed by atoms with Crippen LogP contribution >= 0.6 is 0 Å². The summed E-state index contributed by atoms with van der Waals surface area (Å²) in [7, 11) is 0. The molecule has 2 atom stereocenters. The highest BCUT2D eigenvalue weighted by Gasteiger charge is 2.02. The third-order valence-corrected chi connectivity index (χ3v) is 2.00. The van der Waals surface area contributed by atoms with E-state index < -0.39 is 6.17 Å². The summed E-state index contributed by atoms with van der Waals surface area (Å²) < 4.78 is 12.8. The standard InChI is InChI=1S/C11H16FN/c1-8(13)7-10-3-5-11(6-4-10)9(2)12/h3-6,8-9H,7,13H2,1-2H3. The molecule has 1 rings (SSSR count). The zero-order chi connectivity index (χ0) is 9.84. The SMILES string of the molecule is CC(N)Cc1ccc(C(C)F)cc1. The number of nitrogens with two attached hydrogens (primary N) is 1. The number of rotatable bonds is 3. The molecule has 0 amide bonds. The van der Waals surface area contributed by atoms with Gasteiger partial charge in [-0.15, -0.1) is 0 Å². The van der Waals surface area contributed by atoms with Gasteiger partial charge < -0.3 is 5.73 Å². The Bertz CT molecular complexity index is 251. The van der Waals surface area contributed by atoms with E-state index in [1.54, 1.807) is 6.92 Å². The summed E-state index contributed by atoms with van der Waals surface area (Å²) in [6.45, 7) is 3.51. The Kier molecular flexibility index (Phi) is 3.43. The summed E-state index contributed by atoms with van der Waals surface area (Å²) in [6.07, 6.45) is -0.0367.